The molecule has 1 heterocycles. The van der Waals surface area contributed by atoms with Crippen LogP contribution in [0, 0.1) is 0 Å². The van der Waals surface area contributed by atoms with Gasteiger partial charge in [-0.25, -0.2) is 0 Å². The largest absolute Gasteiger partial charge is 0.465 e. The molecule has 0 amide bonds. The second-order valence-electron chi connectivity index (χ2n) is 7.16. The highest BCUT2D eigenvalue weighted by Gasteiger charge is 2.24. The summed E-state index contributed by atoms with van der Waals surface area (Å²) < 4.78 is 5.49. The van der Waals surface area contributed by atoms with Gasteiger partial charge in [-0.15, -0.1) is 11.8 Å². The van der Waals surface area contributed by atoms with Crippen LogP contribution in [0.15, 0.2) is 77.7 Å². The van der Waals surface area contributed by atoms with Crippen LogP contribution in [0.2, 0.25) is 0 Å². The van der Waals surface area contributed by atoms with Crippen molar-refractivity contribution in [1.29, 1.82) is 0 Å². The molecule has 4 rings (SSSR count). The van der Waals surface area contributed by atoms with Gasteiger partial charge in [0.2, 0.25) is 0 Å². The van der Waals surface area contributed by atoms with E-state index in [1.165, 1.54) is 0 Å². The van der Waals surface area contributed by atoms with Crippen molar-refractivity contribution >= 4 is 23.5 Å². The number of carbonyl (C=O) groups is 2. The maximum absolute atomic E-state index is 12.9. The van der Waals surface area contributed by atoms with Gasteiger partial charge in [0, 0.05) is 28.2 Å². The summed E-state index contributed by atoms with van der Waals surface area (Å²) in [6.45, 7) is 2.21. The van der Waals surface area contributed by atoms with Crippen LogP contribution in [0.3, 0.4) is 0 Å². The minimum Gasteiger partial charge on any atom is -0.465 e. The van der Waals surface area contributed by atoms with E-state index in [0.717, 1.165) is 32.9 Å². The van der Waals surface area contributed by atoms with Crippen molar-refractivity contribution < 1.29 is 14.3 Å². The summed E-state index contributed by atoms with van der Waals surface area (Å²) in [6, 6.07) is 23.4. The Bertz CT molecular complexity index is 1040. The average Bonchev–Trinajstić information content (AvgIpc) is 2.90. The van der Waals surface area contributed by atoms with E-state index in [-0.39, 0.29) is 17.7 Å². The van der Waals surface area contributed by atoms with Gasteiger partial charge in [-0.05, 0) is 35.7 Å². The molecule has 0 radical (unpaired) electrons. The Morgan fingerprint density at radius 1 is 1.00 bits per heavy atom. The third-order valence-electron chi connectivity index (χ3n) is 5.23. The molecule has 29 heavy (non-hydrogen) atoms. The van der Waals surface area contributed by atoms with Crippen molar-refractivity contribution in [3.05, 3.63) is 101 Å². The number of ketones is 1. The molecule has 3 aromatic rings. The highest BCUT2D eigenvalue weighted by Crippen LogP contribution is 2.35. The maximum atomic E-state index is 12.9. The van der Waals surface area contributed by atoms with E-state index in [0.29, 0.717) is 18.6 Å². The molecule has 0 N–H and O–H groups in total. The first-order valence-electron chi connectivity index (χ1n) is 9.73. The Hall–Kier alpha value is -2.85. The molecule has 0 saturated heterocycles. The monoisotopic (exact) mass is 402 g/mol. The lowest BCUT2D eigenvalue weighted by Crippen LogP contribution is -2.15. The molecule has 1 aliphatic rings. The average molecular weight is 403 g/mol. The molecule has 4 heteroatoms. The first kappa shape index (κ1) is 19.5. The number of esters is 1. The molecule has 0 saturated carbocycles. The van der Waals surface area contributed by atoms with Crippen LogP contribution in [0.25, 0.3) is 0 Å². The first-order chi connectivity index (χ1) is 14.1. The van der Waals surface area contributed by atoms with Gasteiger partial charge in [0.25, 0.3) is 0 Å². The minimum atomic E-state index is -0.377. The van der Waals surface area contributed by atoms with E-state index in [1.54, 1.807) is 11.8 Å². The van der Waals surface area contributed by atoms with E-state index in [2.05, 4.69) is 0 Å². The predicted octanol–water partition coefficient (Wildman–Crippen LogP) is 5.41. The predicted molar refractivity (Wildman–Crippen MR) is 115 cm³/mol. The van der Waals surface area contributed by atoms with Gasteiger partial charge in [0.05, 0.1) is 12.5 Å². The lowest BCUT2D eigenvalue weighted by molar-refractivity contribution is -0.144. The van der Waals surface area contributed by atoms with Crippen molar-refractivity contribution in [2.24, 2.45) is 0 Å². The Kier molecular flexibility index (Phi) is 5.81. The standard InChI is InChI=1S/C25H22O3S/c1-17(25(27)28-14-13-18-7-3-2-4-8-18)19-11-12-22-23(15-19)29-16-20-9-5-6-10-21(20)24(22)26/h2-12,15,17H,13-14,16H2,1H3. The van der Waals surface area contributed by atoms with Gasteiger partial charge in [-0.1, -0.05) is 60.7 Å². The van der Waals surface area contributed by atoms with Gasteiger partial charge in [0.15, 0.2) is 5.78 Å². The number of benzene rings is 3. The molecular weight excluding hydrogens is 380 g/mol. The summed E-state index contributed by atoms with van der Waals surface area (Å²) >= 11 is 1.64. The number of rotatable bonds is 5. The second-order valence-corrected chi connectivity index (χ2v) is 8.17. The van der Waals surface area contributed by atoms with Gasteiger partial charge in [0.1, 0.15) is 0 Å². The molecule has 1 atom stereocenters. The smallest absolute Gasteiger partial charge is 0.313 e. The van der Waals surface area contributed by atoms with Crippen molar-refractivity contribution in [1.82, 2.24) is 0 Å². The number of hydrogen-bond donors (Lipinski definition) is 0. The number of thioether (sulfide) groups is 1. The molecule has 1 aliphatic heterocycles. The third kappa shape index (κ3) is 4.28. The van der Waals surface area contributed by atoms with Gasteiger partial charge < -0.3 is 4.74 Å². The first-order valence-corrected chi connectivity index (χ1v) is 10.7. The Morgan fingerprint density at radius 3 is 2.59 bits per heavy atom. The quantitative estimate of drug-likeness (QED) is 0.535. The highest BCUT2D eigenvalue weighted by molar-refractivity contribution is 7.98. The van der Waals surface area contributed by atoms with Crippen LogP contribution in [-0.4, -0.2) is 18.4 Å². The normalized spacial score (nSPS) is 13.8. The SMILES string of the molecule is CC(C(=O)OCCc1ccccc1)c1ccc2c(c1)SCc1ccccc1C2=O. The summed E-state index contributed by atoms with van der Waals surface area (Å²) in [5.74, 6) is 0.172. The third-order valence-corrected chi connectivity index (χ3v) is 6.33. The Labute approximate surface area is 175 Å². The van der Waals surface area contributed by atoms with E-state index >= 15 is 0 Å². The summed E-state index contributed by atoms with van der Waals surface area (Å²) in [4.78, 5) is 26.4. The topological polar surface area (TPSA) is 43.4 Å². The Balaban J connectivity index is 1.46. The van der Waals surface area contributed by atoms with E-state index in [9.17, 15) is 9.59 Å². The molecule has 146 valence electrons. The molecular formula is C25H22O3S. The number of hydrogen-bond acceptors (Lipinski definition) is 4. The summed E-state index contributed by atoms with van der Waals surface area (Å²) in [5, 5.41) is 0. The zero-order chi connectivity index (χ0) is 20.2. The summed E-state index contributed by atoms with van der Waals surface area (Å²) in [6.07, 6.45) is 0.700. The maximum Gasteiger partial charge on any atom is 0.313 e. The van der Waals surface area contributed by atoms with Crippen LogP contribution in [0.1, 0.15) is 45.5 Å². The molecule has 0 aliphatic carbocycles. The van der Waals surface area contributed by atoms with Crippen molar-refractivity contribution in [3.63, 3.8) is 0 Å². The molecule has 0 aromatic heterocycles. The van der Waals surface area contributed by atoms with E-state index in [1.807, 2.05) is 79.7 Å². The van der Waals surface area contributed by atoms with Crippen LogP contribution in [-0.2, 0) is 21.7 Å². The molecule has 0 fully saturated rings. The Morgan fingerprint density at radius 2 is 1.76 bits per heavy atom. The lowest BCUT2D eigenvalue weighted by atomic mass is 9.95. The van der Waals surface area contributed by atoms with Crippen molar-refractivity contribution in [2.75, 3.05) is 6.61 Å². The number of fused-ring (bicyclic) bond motifs is 2. The number of ether oxygens (including phenoxy) is 1. The molecule has 0 bridgehead atoms. The fourth-order valence-electron chi connectivity index (χ4n) is 3.46. The molecule has 3 nitrogen and oxygen atoms in total. The van der Waals surface area contributed by atoms with Gasteiger partial charge in [-0.2, -0.15) is 0 Å². The van der Waals surface area contributed by atoms with Gasteiger partial charge >= 0.3 is 5.97 Å². The van der Waals surface area contributed by atoms with Gasteiger partial charge in [-0.3, -0.25) is 9.59 Å². The van der Waals surface area contributed by atoms with Crippen LogP contribution in [0.5, 0.6) is 0 Å². The lowest BCUT2D eigenvalue weighted by Gasteiger charge is -2.14. The summed E-state index contributed by atoms with van der Waals surface area (Å²) in [5.41, 5.74) is 4.54. The van der Waals surface area contributed by atoms with Crippen LogP contribution < -0.4 is 0 Å². The van der Waals surface area contributed by atoms with Crippen molar-refractivity contribution in [3.8, 4) is 0 Å². The fourth-order valence-corrected chi connectivity index (χ4v) is 4.56. The summed E-state index contributed by atoms with van der Waals surface area (Å²) in [7, 11) is 0. The zero-order valence-electron chi connectivity index (χ0n) is 16.3. The molecule has 1 unspecified atom stereocenters. The van der Waals surface area contributed by atoms with E-state index < -0.39 is 0 Å². The molecule has 3 aromatic carbocycles. The number of carbonyl (C=O) groups excluding carboxylic acids is 2. The van der Waals surface area contributed by atoms with E-state index in [4.69, 9.17) is 4.74 Å². The van der Waals surface area contributed by atoms with Crippen LogP contribution >= 0.6 is 11.8 Å². The minimum absolute atomic E-state index is 0.0465. The van der Waals surface area contributed by atoms with Crippen molar-refractivity contribution in [2.45, 2.75) is 29.9 Å². The fraction of sp³-hybridized carbons (Fsp3) is 0.200. The zero-order valence-corrected chi connectivity index (χ0v) is 17.1. The van der Waals surface area contributed by atoms with Crippen LogP contribution in [0.4, 0.5) is 0 Å². The highest BCUT2D eigenvalue weighted by atomic mass is 32.2. The second kappa shape index (κ2) is 8.66. The molecule has 0 spiro atoms.